The Morgan fingerprint density at radius 1 is 1.37 bits per heavy atom. The van der Waals surface area contributed by atoms with Gasteiger partial charge in [-0.25, -0.2) is 9.67 Å². The van der Waals surface area contributed by atoms with E-state index >= 15 is 0 Å². The maximum absolute atomic E-state index is 13.6. The van der Waals surface area contributed by atoms with Crippen LogP contribution in [0.2, 0.25) is 0 Å². The lowest BCUT2D eigenvalue weighted by Crippen LogP contribution is -2.49. The highest BCUT2D eigenvalue weighted by Crippen LogP contribution is 2.30. The van der Waals surface area contributed by atoms with Crippen LogP contribution in [0.25, 0.3) is 22.5 Å². The molecule has 0 radical (unpaired) electrons. The molecule has 4 heterocycles. The van der Waals surface area contributed by atoms with Crippen molar-refractivity contribution in [3.8, 4) is 11.5 Å². The number of likely N-dealkylation sites (tertiary alicyclic amines) is 1. The highest BCUT2D eigenvalue weighted by Gasteiger charge is 2.31. The maximum Gasteiger partial charge on any atom is 0.255 e. The summed E-state index contributed by atoms with van der Waals surface area (Å²) in [5.74, 6) is 1.21. The second-order valence-electron chi connectivity index (χ2n) is 7.97. The van der Waals surface area contributed by atoms with E-state index in [1.807, 2.05) is 41.6 Å². The fraction of sp³-hybridized carbons (Fsp3) is 0.476. The van der Waals surface area contributed by atoms with Crippen molar-refractivity contribution in [2.75, 3.05) is 13.1 Å². The molecule has 30 heavy (non-hydrogen) atoms. The molecule has 0 aromatic carbocycles. The van der Waals surface area contributed by atoms with Gasteiger partial charge in [0.1, 0.15) is 5.69 Å². The van der Waals surface area contributed by atoms with E-state index in [-0.39, 0.29) is 42.8 Å². The first-order valence-corrected chi connectivity index (χ1v) is 9.92. The molecule has 0 spiro atoms. The summed E-state index contributed by atoms with van der Waals surface area (Å²) in [5.41, 5.74) is 7.94. The third-order valence-corrected chi connectivity index (χ3v) is 5.57. The molecule has 1 saturated heterocycles. The van der Waals surface area contributed by atoms with E-state index in [4.69, 9.17) is 15.1 Å². The molecule has 2 unspecified atom stereocenters. The number of hydrogen-bond acceptors (Lipinski definition) is 5. The third-order valence-electron chi connectivity index (χ3n) is 5.57. The number of fused-ring (bicyclic) bond motifs is 1. The number of carbonyl (C=O) groups excluding carboxylic acids is 1. The lowest BCUT2D eigenvalue weighted by Gasteiger charge is -2.38. The second kappa shape index (κ2) is 9.81. The van der Waals surface area contributed by atoms with Crippen molar-refractivity contribution in [2.24, 2.45) is 11.7 Å². The molecule has 0 saturated carbocycles. The molecule has 0 bridgehead atoms. The van der Waals surface area contributed by atoms with Crippen molar-refractivity contribution in [3.63, 3.8) is 0 Å². The Bertz CT molecular complexity index is 987. The summed E-state index contributed by atoms with van der Waals surface area (Å²) in [6.45, 7) is 7.51. The van der Waals surface area contributed by atoms with Crippen molar-refractivity contribution in [1.29, 1.82) is 0 Å². The van der Waals surface area contributed by atoms with Gasteiger partial charge in [0.15, 0.2) is 11.4 Å². The Morgan fingerprint density at radius 2 is 2.13 bits per heavy atom. The SMILES string of the molecule is CC1CCN(C(=O)c2cc(-c3ccco3)nc3c2cnn3C(C)C)C(CN)C1.Cl.Cl. The first-order chi connectivity index (χ1) is 13.5. The van der Waals surface area contributed by atoms with Crippen LogP contribution >= 0.6 is 24.8 Å². The quantitative estimate of drug-likeness (QED) is 0.634. The summed E-state index contributed by atoms with van der Waals surface area (Å²) in [6, 6.07) is 5.68. The van der Waals surface area contributed by atoms with E-state index in [1.54, 1.807) is 12.5 Å². The smallest absolute Gasteiger partial charge is 0.255 e. The number of rotatable bonds is 4. The van der Waals surface area contributed by atoms with E-state index in [1.165, 1.54) is 0 Å². The van der Waals surface area contributed by atoms with E-state index in [0.717, 1.165) is 24.8 Å². The molecule has 1 fully saturated rings. The number of pyridine rings is 1. The number of amides is 1. The maximum atomic E-state index is 13.6. The lowest BCUT2D eigenvalue weighted by atomic mass is 9.91. The molecule has 3 aromatic heterocycles. The standard InChI is InChI=1S/C21H27N5O2.2ClH/c1-13(2)26-20-17(12-23-26)16(10-18(24-20)19-5-4-8-28-19)21(27)25-7-6-14(3)9-15(25)11-22;;/h4-5,8,10,12-15H,6-7,9,11,22H2,1-3H3;2*1H. The van der Waals surface area contributed by atoms with Crippen LogP contribution in [0.1, 0.15) is 50.0 Å². The largest absolute Gasteiger partial charge is 0.463 e. The van der Waals surface area contributed by atoms with Crippen LogP contribution in [-0.2, 0) is 0 Å². The predicted molar refractivity (Wildman–Crippen MR) is 122 cm³/mol. The highest BCUT2D eigenvalue weighted by atomic mass is 35.5. The van der Waals surface area contributed by atoms with Crippen molar-refractivity contribution in [2.45, 2.75) is 45.7 Å². The van der Waals surface area contributed by atoms with Crippen LogP contribution in [0.15, 0.2) is 35.1 Å². The Balaban J connectivity index is 0.00000160. The molecule has 2 atom stereocenters. The van der Waals surface area contributed by atoms with Gasteiger partial charge in [0.25, 0.3) is 5.91 Å². The number of carbonyl (C=O) groups is 1. The predicted octanol–water partition coefficient (Wildman–Crippen LogP) is 4.32. The van der Waals surface area contributed by atoms with Crippen LogP contribution in [0, 0.1) is 5.92 Å². The fourth-order valence-electron chi connectivity index (χ4n) is 4.02. The average Bonchev–Trinajstić information content (AvgIpc) is 3.36. The normalized spacial score (nSPS) is 18.9. The number of nitrogens with two attached hydrogens (primary N) is 1. The van der Waals surface area contributed by atoms with Crippen molar-refractivity contribution in [3.05, 3.63) is 36.2 Å². The zero-order valence-electron chi connectivity index (χ0n) is 17.4. The van der Waals surface area contributed by atoms with Gasteiger partial charge >= 0.3 is 0 Å². The first kappa shape index (κ1) is 24.2. The van der Waals surface area contributed by atoms with Gasteiger partial charge in [-0.3, -0.25) is 4.79 Å². The average molecular weight is 454 g/mol. The van der Waals surface area contributed by atoms with Gasteiger partial charge in [0, 0.05) is 25.2 Å². The summed E-state index contributed by atoms with van der Waals surface area (Å²) < 4.78 is 7.39. The molecule has 9 heteroatoms. The first-order valence-electron chi connectivity index (χ1n) is 9.92. The Morgan fingerprint density at radius 3 is 2.77 bits per heavy atom. The van der Waals surface area contributed by atoms with E-state index in [2.05, 4.69) is 12.0 Å². The minimum atomic E-state index is -0.00846. The second-order valence-corrected chi connectivity index (χ2v) is 7.97. The van der Waals surface area contributed by atoms with Gasteiger partial charge in [-0.05, 0) is 50.8 Å². The number of halogens is 2. The molecule has 164 valence electrons. The molecule has 0 aliphatic carbocycles. The zero-order valence-corrected chi connectivity index (χ0v) is 19.1. The van der Waals surface area contributed by atoms with Crippen LogP contribution in [0.5, 0.6) is 0 Å². The molecular weight excluding hydrogens is 425 g/mol. The summed E-state index contributed by atoms with van der Waals surface area (Å²) in [6.07, 6.45) is 5.28. The van der Waals surface area contributed by atoms with Crippen LogP contribution < -0.4 is 5.73 Å². The molecular formula is C21H29Cl2N5O2. The van der Waals surface area contributed by atoms with Gasteiger partial charge in [0.2, 0.25) is 0 Å². The molecule has 7 nitrogen and oxygen atoms in total. The number of nitrogens with zero attached hydrogens (tertiary/aromatic N) is 4. The number of piperidine rings is 1. The van der Waals surface area contributed by atoms with Crippen LogP contribution in [0.4, 0.5) is 0 Å². The fourth-order valence-corrected chi connectivity index (χ4v) is 4.02. The van der Waals surface area contributed by atoms with Crippen molar-refractivity contribution < 1.29 is 9.21 Å². The molecule has 1 aliphatic rings. The number of furan rings is 1. The molecule has 2 N–H and O–H groups in total. The topological polar surface area (TPSA) is 90.2 Å². The van der Waals surface area contributed by atoms with Gasteiger partial charge in [0.05, 0.1) is 23.4 Å². The molecule has 4 rings (SSSR count). The van der Waals surface area contributed by atoms with Gasteiger partial charge in [-0.2, -0.15) is 5.10 Å². The van der Waals surface area contributed by atoms with Crippen LogP contribution in [0.3, 0.4) is 0 Å². The third kappa shape index (κ3) is 4.33. The van der Waals surface area contributed by atoms with Gasteiger partial charge in [-0.15, -0.1) is 24.8 Å². The van der Waals surface area contributed by atoms with E-state index in [0.29, 0.717) is 35.1 Å². The molecule has 1 aliphatic heterocycles. The van der Waals surface area contributed by atoms with E-state index < -0.39 is 0 Å². The monoisotopic (exact) mass is 453 g/mol. The lowest BCUT2D eigenvalue weighted by molar-refractivity contribution is 0.0575. The summed E-state index contributed by atoms with van der Waals surface area (Å²) in [5, 5.41) is 5.25. The molecule has 3 aromatic rings. The van der Waals surface area contributed by atoms with Crippen LogP contribution in [-0.4, -0.2) is 44.7 Å². The Labute approximate surface area is 188 Å². The zero-order chi connectivity index (χ0) is 19.8. The Kier molecular flexibility index (Phi) is 7.91. The van der Waals surface area contributed by atoms with Gasteiger partial charge < -0.3 is 15.1 Å². The highest BCUT2D eigenvalue weighted by molar-refractivity contribution is 6.06. The summed E-state index contributed by atoms with van der Waals surface area (Å²) >= 11 is 0. The minimum Gasteiger partial charge on any atom is -0.463 e. The summed E-state index contributed by atoms with van der Waals surface area (Å²) in [7, 11) is 0. The number of hydrogen-bond donors (Lipinski definition) is 1. The Hall–Kier alpha value is -2.09. The number of aromatic nitrogens is 3. The van der Waals surface area contributed by atoms with Gasteiger partial charge in [-0.1, -0.05) is 6.92 Å². The van der Waals surface area contributed by atoms with Crippen molar-refractivity contribution in [1.82, 2.24) is 19.7 Å². The van der Waals surface area contributed by atoms with Crippen molar-refractivity contribution >= 4 is 41.8 Å². The van der Waals surface area contributed by atoms with E-state index in [9.17, 15) is 4.79 Å². The summed E-state index contributed by atoms with van der Waals surface area (Å²) in [4.78, 5) is 20.2. The molecule has 1 amide bonds. The minimum absolute atomic E-state index is 0.